The van der Waals surface area contributed by atoms with Crippen molar-refractivity contribution in [3.05, 3.63) is 75.4 Å². The quantitative estimate of drug-likeness (QED) is 0.625. The zero-order chi connectivity index (χ0) is 22.7. The van der Waals surface area contributed by atoms with Crippen LogP contribution in [0, 0.1) is 30.6 Å². The summed E-state index contributed by atoms with van der Waals surface area (Å²) in [5.41, 5.74) is 12.7. The Morgan fingerprint density at radius 2 is 1.81 bits per heavy atom. The SMILES string of the molecule is C/C(C(=N)CCO)=C(/N)c1cc(C(=O)N2CC(c3ccc(C#N)cc3)C2)c(C)cc1C. The first-order valence-electron chi connectivity index (χ1n) is 10.3. The zero-order valence-corrected chi connectivity index (χ0v) is 18.2. The Morgan fingerprint density at radius 1 is 1.19 bits per heavy atom. The lowest BCUT2D eigenvalue weighted by molar-refractivity contribution is 0.0601. The predicted molar refractivity (Wildman–Crippen MR) is 122 cm³/mol. The van der Waals surface area contributed by atoms with Crippen molar-refractivity contribution in [1.82, 2.24) is 4.90 Å². The molecule has 2 aromatic rings. The largest absolute Gasteiger partial charge is 0.398 e. The molecule has 1 heterocycles. The third kappa shape index (κ3) is 4.52. The van der Waals surface area contributed by atoms with Gasteiger partial charge in [-0.2, -0.15) is 5.26 Å². The maximum absolute atomic E-state index is 13.2. The second-order valence-corrected chi connectivity index (χ2v) is 8.11. The molecule has 1 aliphatic rings. The molecule has 0 bridgehead atoms. The lowest BCUT2D eigenvalue weighted by Crippen LogP contribution is -2.48. The molecular formula is C25H28N4O2. The molecule has 160 valence electrons. The van der Waals surface area contributed by atoms with Crippen molar-refractivity contribution in [3.63, 3.8) is 0 Å². The number of nitriles is 1. The van der Waals surface area contributed by atoms with Crippen LogP contribution in [0.1, 0.15) is 57.4 Å². The molecule has 1 fully saturated rings. The highest BCUT2D eigenvalue weighted by atomic mass is 16.3. The Labute approximate surface area is 183 Å². The van der Waals surface area contributed by atoms with Gasteiger partial charge in [-0.1, -0.05) is 18.2 Å². The van der Waals surface area contributed by atoms with Gasteiger partial charge in [0.1, 0.15) is 0 Å². The van der Waals surface area contributed by atoms with Gasteiger partial charge in [-0.25, -0.2) is 0 Å². The Kier molecular flexibility index (Phi) is 6.57. The van der Waals surface area contributed by atoms with Gasteiger partial charge in [-0.05, 0) is 61.2 Å². The van der Waals surface area contributed by atoms with Crippen LogP contribution in [-0.4, -0.2) is 41.3 Å². The number of carbonyl (C=O) groups is 1. The molecule has 0 aliphatic carbocycles. The molecule has 1 saturated heterocycles. The molecule has 1 aliphatic heterocycles. The van der Waals surface area contributed by atoms with Crippen LogP contribution >= 0.6 is 0 Å². The van der Waals surface area contributed by atoms with E-state index in [-0.39, 0.29) is 24.9 Å². The first-order valence-corrected chi connectivity index (χ1v) is 10.3. The van der Waals surface area contributed by atoms with Crippen molar-refractivity contribution in [1.29, 1.82) is 10.7 Å². The zero-order valence-electron chi connectivity index (χ0n) is 18.2. The number of aliphatic hydroxyl groups is 1. The first kappa shape index (κ1) is 22.3. The lowest BCUT2D eigenvalue weighted by atomic mass is 9.89. The fraction of sp³-hybridized carbons (Fsp3) is 0.320. The summed E-state index contributed by atoms with van der Waals surface area (Å²) in [4.78, 5) is 15.0. The van der Waals surface area contributed by atoms with Gasteiger partial charge >= 0.3 is 0 Å². The molecule has 2 aromatic carbocycles. The van der Waals surface area contributed by atoms with Crippen molar-refractivity contribution in [3.8, 4) is 6.07 Å². The second kappa shape index (κ2) is 9.15. The molecule has 0 atom stereocenters. The number of benzene rings is 2. The molecule has 6 nitrogen and oxygen atoms in total. The Bertz CT molecular complexity index is 1090. The number of allylic oxidation sites excluding steroid dienone is 1. The van der Waals surface area contributed by atoms with E-state index in [1.165, 1.54) is 0 Å². The van der Waals surface area contributed by atoms with Crippen molar-refractivity contribution < 1.29 is 9.90 Å². The van der Waals surface area contributed by atoms with E-state index in [1.54, 1.807) is 6.92 Å². The Hall–Kier alpha value is -3.43. The molecule has 4 N–H and O–H groups in total. The summed E-state index contributed by atoms with van der Waals surface area (Å²) in [6, 6.07) is 13.4. The molecule has 0 radical (unpaired) electrons. The highest BCUT2D eigenvalue weighted by Crippen LogP contribution is 2.30. The number of aryl methyl sites for hydroxylation is 2. The normalized spacial score (nSPS) is 14.5. The van der Waals surface area contributed by atoms with E-state index in [0.29, 0.717) is 41.2 Å². The number of nitrogens with two attached hydrogens (primary N) is 1. The maximum Gasteiger partial charge on any atom is 0.254 e. The van der Waals surface area contributed by atoms with E-state index < -0.39 is 0 Å². The number of amides is 1. The summed E-state index contributed by atoms with van der Waals surface area (Å²) < 4.78 is 0. The lowest BCUT2D eigenvalue weighted by Gasteiger charge is -2.40. The third-order valence-corrected chi connectivity index (χ3v) is 5.99. The Balaban J connectivity index is 1.81. The van der Waals surface area contributed by atoms with Crippen LogP contribution in [-0.2, 0) is 0 Å². The second-order valence-electron chi connectivity index (χ2n) is 8.11. The van der Waals surface area contributed by atoms with Crippen LogP contribution in [0.2, 0.25) is 0 Å². The highest BCUT2D eigenvalue weighted by molar-refractivity contribution is 6.04. The van der Waals surface area contributed by atoms with E-state index in [4.69, 9.17) is 21.5 Å². The van der Waals surface area contributed by atoms with Gasteiger partial charge in [-0.15, -0.1) is 0 Å². The third-order valence-electron chi connectivity index (χ3n) is 5.99. The summed E-state index contributed by atoms with van der Waals surface area (Å²) in [6.07, 6.45) is 0.244. The summed E-state index contributed by atoms with van der Waals surface area (Å²) in [6.45, 7) is 6.80. The standard InChI is InChI=1S/C25H28N4O2/c1-15-10-16(2)22(11-21(15)24(28)17(3)23(27)8-9-30)25(31)29-13-20(14-29)19-6-4-18(12-26)5-7-19/h4-7,10-11,20,27,30H,8-9,13-14,28H2,1-3H3/b24-17-,27-23?. The van der Waals surface area contributed by atoms with E-state index in [2.05, 4.69) is 6.07 Å². The highest BCUT2D eigenvalue weighted by Gasteiger charge is 2.33. The predicted octanol–water partition coefficient (Wildman–Crippen LogP) is 3.51. The smallest absolute Gasteiger partial charge is 0.254 e. The molecule has 1 amide bonds. The summed E-state index contributed by atoms with van der Waals surface area (Å²) >= 11 is 0. The van der Waals surface area contributed by atoms with Crippen LogP contribution in [0.5, 0.6) is 0 Å². The van der Waals surface area contributed by atoms with Gasteiger partial charge in [0.15, 0.2) is 0 Å². The summed E-state index contributed by atoms with van der Waals surface area (Å²) in [5, 5.41) is 26.1. The average molecular weight is 417 g/mol. The molecule has 0 spiro atoms. The first-order chi connectivity index (χ1) is 14.8. The minimum Gasteiger partial charge on any atom is -0.398 e. The fourth-order valence-corrected chi connectivity index (χ4v) is 3.89. The Morgan fingerprint density at radius 3 is 2.39 bits per heavy atom. The van der Waals surface area contributed by atoms with Gasteiger partial charge in [-0.3, -0.25) is 4.79 Å². The van der Waals surface area contributed by atoms with E-state index in [9.17, 15) is 4.79 Å². The van der Waals surface area contributed by atoms with E-state index in [0.717, 1.165) is 22.3 Å². The molecule has 3 rings (SSSR count). The molecule has 0 aromatic heterocycles. The van der Waals surface area contributed by atoms with Crippen LogP contribution in [0.3, 0.4) is 0 Å². The molecule has 0 saturated carbocycles. The van der Waals surface area contributed by atoms with Crippen molar-refractivity contribution in [2.24, 2.45) is 5.73 Å². The van der Waals surface area contributed by atoms with Crippen molar-refractivity contribution in [2.75, 3.05) is 19.7 Å². The molecular weight excluding hydrogens is 388 g/mol. The average Bonchev–Trinajstić information content (AvgIpc) is 2.72. The van der Waals surface area contributed by atoms with Gasteiger partial charge in [0.25, 0.3) is 5.91 Å². The number of rotatable bonds is 6. The van der Waals surface area contributed by atoms with Gasteiger partial charge < -0.3 is 21.1 Å². The number of nitrogens with zero attached hydrogens (tertiary/aromatic N) is 2. The minimum absolute atomic E-state index is 0.0282. The number of nitrogens with one attached hydrogen (secondary N) is 1. The minimum atomic E-state index is -0.102. The molecule has 0 unspecified atom stereocenters. The monoisotopic (exact) mass is 416 g/mol. The van der Waals surface area contributed by atoms with Crippen molar-refractivity contribution >= 4 is 17.3 Å². The van der Waals surface area contributed by atoms with Crippen LogP contribution < -0.4 is 5.73 Å². The number of carbonyl (C=O) groups excluding carboxylic acids is 1. The van der Waals surface area contributed by atoms with E-state index in [1.807, 2.05) is 55.1 Å². The topological polar surface area (TPSA) is 114 Å². The maximum atomic E-state index is 13.2. The van der Waals surface area contributed by atoms with Gasteiger partial charge in [0.05, 0.1) is 11.6 Å². The van der Waals surface area contributed by atoms with E-state index >= 15 is 0 Å². The molecule has 31 heavy (non-hydrogen) atoms. The molecule has 6 heteroatoms. The summed E-state index contributed by atoms with van der Waals surface area (Å²) in [5.74, 6) is 0.243. The van der Waals surface area contributed by atoms with Gasteiger partial charge in [0.2, 0.25) is 0 Å². The number of aliphatic hydroxyl groups excluding tert-OH is 1. The fourth-order valence-electron chi connectivity index (χ4n) is 3.89. The number of hydrogen-bond donors (Lipinski definition) is 3. The van der Waals surface area contributed by atoms with Crippen molar-refractivity contribution in [2.45, 2.75) is 33.1 Å². The van der Waals surface area contributed by atoms with Gasteiger partial charge in [0, 0.05) is 54.6 Å². The van der Waals surface area contributed by atoms with Crippen LogP contribution in [0.4, 0.5) is 0 Å². The number of likely N-dealkylation sites (tertiary alicyclic amines) is 1. The number of hydrogen-bond acceptors (Lipinski definition) is 5. The van der Waals surface area contributed by atoms with Crippen LogP contribution in [0.25, 0.3) is 5.70 Å². The summed E-state index contributed by atoms with van der Waals surface area (Å²) in [7, 11) is 0. The van der Waals surface area contributed by atoms with Crippen LogP contribution in [0.15, 0.2) is 42.0 Å².